The number of allylic oxidation sites excluding steroid dienone is 5. The second kappa shape index (κ2) is 3.12. The summed E-state index contributed by atoms with van der Waals surface area (Å²) in [5, 5.41) is 0. The van der Waals surface area contributed by atoms with Crippen LogP contribution in [0.2, 0.25) is 0 Å². The second-order valence-electron chi connectivity index (χ2n) is 3.86. The number of Topliss-reactive ketones (excluding diaryl/α,β-unsaturated/α-hetero) is 1. The smallest absolute Gasteiger partial charge is 0.150 e. The van der Waals surface area contributed by atoms with E-state index in [1.165, 1.54) is 5.57 Å². The monoisotopic (exact) mass is 190 g/mol. The van der Waals surface area contributed by atoms with Gasteiger partial charge in [0.15, 0.2) is 5.78 Å². The number of carbonyl (C=O) groups excluding carboxylic acids is 1. The molecule has 1 atom stereocenters. The predicted molar refractivity (Wildman–Crippen MR) is 54.7 cm³/mol. The first-order valence-corrected chi connectivity index (χ1v) is 4.85. The molecular formula is C12H14O2. The Morgan fingerprint density at radius 1 is 1.29 bits per heavy atom. The minimum absolute atomic E-state index is 0.264. The lowest BCUT2D eigenvalue weighted by Crippen LogP contribution is -2.26. The van der Waals surface area contributed by atoms with Crippen LogP contribution in [0.1, 0.15) is 19.8 Å². The highest BCUT2D eigenvalue weighted by molar-refractivity contribution is 5.93. The molecule has 0 aliphatic heterocycles. The molecule has 0 aromatic carbocycles. The summed E-state index contributed by atoms with van der Waals surface area (Å²) in [6.45, 7) is 1.95. The Labute approximate surface area is 83.9 Å². The predicted octanol–water partition coefficient (Wildman–Crippen LogP) is 2.38. The van der Waals surface area contributed by atoms with Gasteiger partial charge in [-0.25, -0.2) is 0 Å². The summed E-state index contributed by atoms with van der Waals surface area (Å²) >= 11 is 0. The van der Waals surface area contributed by atoms with Crippen molar-refractivity contribution < 1.29 is 9.53 Å². The van der Waals surface area contributed by atoms with Crippen LogP contribution in [0.4, 0.5) is 0 Å². The maximum Gasteiger partial charge on any atom is 0.150 e. The molecule has 14 heavy (non-hydrogen) atoms. The Balaban J connectivity index is 2.55. The van der Waals surface area contributed by atoms with Gasteiger partial charge >= 0.3 is 0 Å². The molecule has 0 saturated heterocycles. The van der Waals surface area contributed by atoms with Gasteiger partial charge in [-0.3, -0.25) is 4.79 Å². The van der Waals surface area contributed by atoms with E-state index in [0.29, 0.717) is 6.42 Å². The third-order valence-electron chi connectivity index (χ3n) is 3.19. The van der Waals surface area contributed by atoms with Crippen molar-refractivity contribution in [3.8, 4) is 0 Å². The zero-order chi connectivity index (χ0) is 10.2. The fraction of sp³-hybridized carbons (Fsp3) is 0.417. The Kier molecular flexibility index (Phi) is 2.06. The molecule has 1 fully saturated rings. The summed E-state index contributed by atoms with van der Waals surface area (Å²) in [4.78, 5) is 11.9. The highest BCUT2D eigenvalue weighted by atomic mass is 16.5. The number of carbonyl (C=O) groups is 1. The third-order valence-corrected chi connectivity index (χ3v) is 3.19. The third kappa shape index (κ3) is 1.07. The molecule has 2 nitrogen and oxygen atoms in total. The number of methoxy groups -OCH3 is 1. The van der Waals surface area contributed by atoms with E-state index >= 15 is 0 Å². The molecule has 1 saturated carbocycles. The highest BCUT2D eigenvalue weighted by Gasteiger charge is 2.45. The summed E-state index contributed by atoms with van der Waals surface area (Å²) in [5.74, 6) is 1.03. The molecule has 0 heterocycles. The zero-order valence-electron chi connectivity index (χ0n) is 8.54. The Morgan fingerprint density at radius 2 is 2.00 bits per heavy atom. The van der Waals surface area contributed by atoms with Crippen molar-refractivity contribution in [2.45, 2.75) is 19.8 Å². The molecule has 0 aromatic heterocycles. The van der Waals surface area contributed by atoms with E-state index in [1.54, 1.807) is 7.11 Å². The first-order chi connectivity index (χ1) is 6.69. The SMILES string of the molecule is COC1=CC=CC=C2CCC(=O)C21C. The molecule has 2 rings (SSSR count). The van der Waals surface area contributed by atoms with Crippen molar-refractivity contribution in [2.75, 3.05) is 7.11 Å². The molecule has 0 bridgehead atoms. The van der Waals surface area contributed by atoms with Crippen LogP contribution >= 0.6 is 0 Å². The summed E-state index contributed by atoms with van der Waals surface area (Å²) in [7, 11) is 1.62. The van der Waals surface area contributed by atoms with Gasteiger partial charge in [0, 0.05) is 6.42 Å². The molecule has 0 N–H and O–H groups in total. The quantitative estimate of drug-likeness (QED) is 0.634. The van der Waals surface area contributed by atoms with Gasteiger partial charge in [-0.15, -0.1) is 0 Å². The lowest BCUT2D eigenvalue weighted by Gasteiger charge is -2.25. The van der Waals surface area contributed by atoms with E-state index in [0.717, 1.165) is 12.2 Å². The first-order valence-electron chi connectivity index (χ1n) is 4.85. The largest absolute Gasteiger partial charge is 0.500 e. The minimum Gasteiger partial charge on any atom is -0.500 e. The van der Waals surface area contributed by atoms with Crippen molar-refractivity contribution in [3.63, 3.8) is 0 Å². The summed E-state index contributed by atoms with van der Waals surface area (Å²) in [6, 6.07) is 0. The van der Waals surface area contributed by atoms with Crippen LogP contribution in [-0.4, -0.2) is 12.9 Å². The van der Waals surface area contributed by atoms with Gasteiger partial charge in [-0.1, -0.05) is 18.2 Å². The Bertz CT molecular complexity index is 361. The molecule has 74 valence electrons. The topological polar surface area (TPSA) is 26.3 Å². The fourth-order valence-electron chi connectivity index (χ4n) is 2.23. The van der Waals surface area contributed by atoms with Crippen LogP contribution in [0.3, 0.4) is 0 Å². The van der Waals surface area contributed by atoms with Crippen molar-refractivity contribution in [1.82, 2.24) is 0 Å². The molecule has 2 heteroatoms. The van der Waals surface area contributed by atoms with Crippen molar-refractivity contribution >= 4 is 5.78 Å². The van der Waals surface area contributed by atoms with Gasteiger partial charge in [0.05, 0.1) is 7.11 Å². The van der Waals surface area contributed by atoms with E-state index in [2.05, 4.69) is 0 Å². The molecule has 0 aromatic rings. The molecule has 2 aliphatic rings. The van der Waals surface area contributed by atoms with Gasteiger partial charge in [-0.2, -0.15) is 0 Å². The number of rotatable bonds is 1. The molecule has 0 radical (unpaired) electrons. The Morgan fingerprint density at radius 3 is 2.71 bits per heavy atom. The van der Waals surface area contributed by atoms with Gasteiger partial charge in [-0.05, 0) is 25.0 Å². The van der Waals surface area contributed by atoms with Crippen LogP contribution in [0.5, 0.6) is 0 Å². The van der Waals surface area contributed by atoms with Gasteiger partial charge in [0.1, 0.15) is 11.2 Å². The van der Waals surface area contributed by atoms with Crippen LogP contribution in [0.15, 0.2) is 35.6 Å². The second-order valence-corrected chi connectivity index (χ2v) is 3.86. The number of ketones is 1. The number of fused-ring (bicyclic) bond motifs is 1. The lowest BCUT2D eigenvalue weighted by molar-refractivity contribution is -0.123. The molecule has 0 spiro atoms. The van der Waals surface area contributed by atoms with Crippen molar-refractivity contribution in [3.05, 3.63) is 35.6 Å². The van der Waals surface area contributed by atoms with Crippen molar-refractivity contribution in [1.29, 1.82) is 0 Å². The molecular weight excluding hydrogens is 176 g/mol. The number of ether oxygens (including phenoxy) is 1. The summed E-state index contributed by atoms with van der Waals surface area (Å²) < 4.78 is 5.31. The van der Waals surface area contributed by atoms with Gasteiger partial charge < -0.3 is 4.74 Å². The van der Waals surface area contributed by atoms with E-state index < -0.39 is 5.41 Å². The normalized spacial score (nSPS) is 30.6. The summed E-state index contributed by atoms with van der Waals surface area (Å²) in [6.07, 6.45) is 9.30. The Hall–Kier alpha value is -1.31. The van der Waals surface area contributed by atoms with Crippen LogP contribution in [0, 0.1) is 5.41 Å². The van der Waals surface area contributed by atoms with Crippen LogP contribution < -0.4 is 0 Å². The average molecular weight is 190 g/mol. The van der Waals surface area contributed by atoms with Crippen molar-refractivity contribution in [2.24, 2.45) is 5.41 Å². The number of hydrogen-bond donors (Lipinski definition) is 0. The van der Waals surface area contributed by atoms with Crippen LogP contribution in [0.25, 0.3) is 0 Å². The molecule has 2 aliphatic carbocycles. The highest BCUT2D eigenvalue weighted by Crippen LogP contribution is 2.46. The van der Waals surface area contributed by atoms with Gasteiger partial charge in [0.2, 0.25) is 0 Å². The lowest BCUT2D eigenvalue weighted by atomic mass is 9.81. The first kappa shape index (κ1) is 9.25. The molecule has 1 unspecified atom stereocenters. The maximum atomic E-state index is 11.9. The average Bonchev–Trinajstić information content (AvgIpc) is 2.37. The molecule has 0 amide bonds. The van der Waals surface area contributed by atoms with E-state index in [9.17, 15) is 4.79 Å². The maximum absolute atomic E-state index is 11.9. The van der Waals surface area contributed by atoms with E-state index in [4.69, 9.17) is 4.74 Å². The number of hydrogen-bond acceptors (Lipinski definition) is 2. The zero-order valence-corrected chi connectivity index (χ0v) is 8.54. The van der Waals surface area contributed by atoms with Gasteiger partial charge in [0.25, 0.3) is 0 Å². The van der Waals surface area contributed by atoms with E-state index in [-0.39, 0.29) is 5.78 Å². The minimum atomic E-state index is -0.502. The standard InChI is InChI=1S/C12H14O2/c1-12-9(7-8-10(12)13)5-3-4-6-11(12)14-2/h3-6H,7-8H2,1-2H3. The van der Waals surface area contributed by atoms with E-state index in [1.807, 2.05) is 31.2 Å². The fourth-order valence-corrected chi connectivity index (χ4v) is 2.23. The summed E-state index contributed by atoms with van der Waals surface area (Å²) in [5.41, 5.74) is 0.669. The van der Waals surface area contributed by atoms with Crippen LogP contribution in [-0.2, 0) is 9.53 Å².